The second-order valence-electron chi connectivity index (χ2n) is 5.34. The summed E-state index contributed by atoms with van der Waals surface area (Å²) < 4.78 is 10.9. The van der Waals surface area contributed by atoms with E-state index in [0.717, 1.165) is 0 Å². The fraction of sp³-hybridized carbons (Fsp3) is 0.200. The molecule has 155 valence electrons. The van der Waals surface area contributed by atoms with Crippen molar-refractivity contribution in [1.82, 2.24) is 0 Å². The molecule has 0 N–H and O–H groups in total. The molecule has 0 atom stereocenters. The van der Waals surface area contributed by atoms with E-state index in [1.807, 2.05) is 39.8 Å². The molecule has 0 aliphatic carbocycles. The van der Waals surface area contributed by atoms with Gasteiger partial charge in [-0.05, 0) is 24.3 Å². The SMILES string of the molecule is CC.CC.Cc1c[c-]cc(OC(=O)c2ccccc2)c1OC(=O)c1ccccc1.[Y]. The van der Waals surface area contributed by atoms with Crippen molar-refractivity contribution in [2.45, 2.75) is 34.6 Å². The van der Waals surface area contributed by atoms with Crippen molar-refractivity contribution in [1.29, 1.82) is 0 Å². The third-order valence-corrected chi connectivity index (χ3v) is 3.51. The Kier molecular flexibility index (Phi) is 14.3. The average molecular weight is 480 g/mol. The van der Waals surface area contributed by atoms with E-state index >= 15 is 0 Å². The van der Waals surface area contributed by atoms with Gasteiger partial charge in [-0.25, -0.2) is 9.59 Å². The van der Waals surface area contributed by atoms with Gasteiger partial charge in [0.25, 0.3) is 0 Å². The molecule has 0 saturated heterocycles. The van der Waals surface area contributed by atoms with E-state index in [0.29, 0.717) is 16.7 Å². The van der Waals surface area contributed by atoms with E-state index in [9.17, 15) is 9.59 Å². The van der Waals surface area contributed by atoms with E-state index in [-0.39, 0.29) is 44.2 Å². The summed E-state index contributed by atoms with van der Waals surface area (Å²) in [6, 6.07) is 23.2. The van der Waals surface area contributed by atoms with Gasteiger partial charge in [-0.3, -0.25) is 0 Å². The number of rotatable bonds is 4. The van der Waals surface area contributed by atoms with Crippen LogP contribution in [0.15, 0.2) is 72.8 Å². The molecule has 0 aliphatic heterocycles. The van der Waals surface area contributed by atoms with Crippen molar-refractivity contribution in [2.24, 2.45) is 0 Å². The Balaban J connectivity index is 0.00000159. The van der Waals surface area contributed by atoms with Gasteiger partial charge in [-0.15, -0.1) is 11.6 Å². The smallest absolute Gasteiger partial charge is 0.341 e. The van der Waals surface area contributed by atoms with Crippen molar-refractivity contribution >= 4 is 11.9 Å². The van der Waals surface area contributed by atoms with E-state index in [4.69, 9.17) is 9.47 Å². The van der Waals surface area contributed by atoms with Gasteiger partial charge >= 0.3 is 11.9 Å². The van der Waals surface area contributed by atoms with Gasteiger partial charge in [0.05, 0.1) is 22.6 Å². The van der Waals surface area contributed by atoms with E-state index in [2.05, 4.69) is 6.07 Å². The molecule has 3 rings (SSSR count). The molecule has 0 fully saturated rings. The summed E-state index contributed by atoms with van der Waals surface area (Å²) in [5, 5.41) is 0. The van der Waals surface area contributed by atoms with Gasteiger partial charge in [-0.2, -0.15) is 12.1 Å². The summed E-state index contributed by atoms with van der Waals surface area (Å²) in [5.74, 6) is -0.696. The maximum Gasteiger partial charge on any atom is 0.341 e. The first-order valence-corrected chi connectivity index (χ1v) is 9.70. The average Bonchev–Trinajstić information content (AvgIpc) is 2.80. The number of hydrogen-bond donors (Lipinski definition) is 0. The minimum atomic E-state index is -0.531. The van der Waals surface area contributed by atoms with Crippen LogP contribution in [0.3, 0.4) is 0 Å². The Morgan fingerprint density at radius 3 is 1.60 bits per heavy atom. The maximum atomic E-state index is 12.3. The zero-order valence-electron chi connectivity index (χ0n) is 18.1. The minimum absolute atomic E-state index is 0. The van der Waals surface area contributed by atoms with Crippen molar-refractivity contribution < 1.29 is 51.8 Å². The van der Waals surface area contributed by atoms with Crippen LogP contribution >= 0.6 is 0 Å². The molecular formula is C25H27O4Y-. The number of ether oxygens (including phenoxy) is 2. The predicted molar refractivity (Wildman–Crippen MR) is 116 cm³/mol. The molecule has 0 unspecified atom stereocenters. The predicted octanol–water partition coefficient (Wildman–Crippen LogP) is 6.28. The molecule has 1 radical (unpaired) electrons. The summed E-state index contributed by atoms with van der Waals surface area (Å²) in [6.07, 6.45) is 0. The molecule has 0 aliphatic rings. The molecule has 0 aromatic heterocycles. The van der Waals surface area contributed by atoms with Crippen molar-refractivity contribution in [3.8, 4) is 11.5 Å². The molecule has 4 nitrogen and oxygen atoms in total. The zero-order chi connectivity index (χ0) is 21.6. The van der Waals surface area contributed by atoms with Gasteiger partial charge < -0.3 is 9.47 Å². The van der Waals surface area contributed by atoms with Crippen molar-refractivity contribution in [2.75, 3.05) is 0 Å². The fourth-order valence-corrected chi connectivity index (χ4v) is 2.23. The van der Waals surface area contributed by atoms with E-state index < -0.39 is 11.9 Å². The number of aryl methyl sites for hydroxylation is 1. The van der Waals surface area contributed by atoms with Gasteiger partial charge in [0.1, 0.15) is 0 Å². The fourth-order valence-electron chi connectivity index (χ4n) is 2.23. The number of esters is 2. The summed E-state index contributed by atoms with van der Waals surface area (Å²) in [6.45, 7) is 9.75. The third-order valence-electron chi connectivity index (χ3n) is 3.51. The quantitative estimate of drug-likeness (QED) is 0.251. The summed E-state index contributed by atoms with van der Waals surface area (Å²) in [5.41, 5.74) is 1.46. The van der Waals surface area contributed by atoms with Crippen LogP contribution in [0.4, 0.5) is 0 Å². The topological polar surface area (TPSA) is 52.6 Å². The van der Waals surface area contributed by atoms with Crippen LogP contribution in [0.2, 0.25) is 0 Å². The van der Waals surface area contributed by atoms with Crippen molar-refractivity contribution in [3.63, 3.8) is 0 Å². The van der Waals surface area contributed by atoms with Crippen LogP contribution in [0.25, 0.3) is 0 Å². The first-order chi connectivity index (χ1) is 14.1. The molecule has 0 bridgehead atoms. The number of carbonyl (C=O) groups excluding carboxylic acids is 2. The number of hydrogen-bond acceptors (Lipinski definition) is 4. The third kappa shape index (κ3) is 8.21. The second kappa shape index (κ2) is 15.5. The summed E-state index contributed by atoms with van der Waals surface area (Å²) in [7, 11) is 0. The monoisotopic (exact) mass is 480 g/mol. The van der Waals surface area contributed by atoms with Gasteiger partial charge in [0, 0.05) is 32.7 Å². The normalized spacial score (nSPS) is 8.83. The molecule has 3 aromatic carbocycles. The Bertz CT molecular complexity index is 894. The van der Waals surface area contributed by atoms with Crippen LogP contribution < -0.4 is 9.47 Å². The number of benzene rings is 3. The van der Waals surface area contributed by atoms with Gasteiger partial charge in [0.2, 0.25) is 0 Å². The van der Waals surface area contributed by atoms with Crippen LogP contribution in [-0.2, 0) is 32.7 Å². The summed E-state index contributed by atoms with van der Waals surface area (Å²) in [4.78, 5) is 24.6. The van der Waals surface area contributed by atoms with Crippen molar-refractivity contribution in [3.05, 3.63) is 95.6 Å². The van der Waals surface area contributed by atoms with E-state index in [1.54, 1.807) is 61.5 Å². The van der Waals surface area contributed by atoms with Crippen LogP contribution in [0, 0.1) is 13.0 Å². The molecule has 5 heteroatoms. The number of carbonyl (C=O) groups is 2. The molecular weight excluding hydrogens is 453 g/mol. The molecule has 3 aromatic rings. The maximum absolute atomic E-state index is 12.3. The second-order valence-corrected chi connectivity index (χ2v) is 5.34. The Labute approximate surface area is 204 Å². The van der Waals surface area contributed by atoms with Gasteiger partial charge in [0.15, 0.2) is 0 Å². The standard InChI is InChI=1S/C21H15O4.2C2H6.Y/c1-15-9-8-14-18(24-20(22)16-10-4-2-5-11-16)19(15)25-21(23)17-12-6-3-7-13-17;2*1-2;/h2-7,9-14H,1H3;2*1-2H3;/q-1;;;. The Morgan fingerprint density at radius 2 is 1.13 bits per heavy atom. The Hall–Kier alpha value is -2.30. The van der Waals surface area contributed by atoms with Crippen LogP contribution in [0.5, 0.6) is 11.5 Å². The largest absolute Gasteiger partial charge is 0.483 e. The zero-order valence-corrected chi connectivity index (χ0v) is 21.0. The summed E-state index contributed by atoms with van der Waals surface area (Å²) >= 11 is 0. The molecule has 0 spiro atoms. The molecule has 0 heterocycles. The Morgan fingerprint density at radius 1 is 0.700 bits per heavy atom. The minimum Gasteiger partial charge on any atom is -0.483 e. The van der Waals surface area contributed by atoms with Gasteiger partial charge in [-0.1, -0.05) is 71.0 Å². The van der Waals surface area contributed by atoms with E-state index in [1.165, 1.54) is 6.07 Å². The molecule has 0 amide bonds. The van der Waals surface area contributed by atoms with Crippen LogP contribution in [0.1, 0.15) is 54.0 Å². The van der Waals surface area contributed by atoms with Crippen LogP contribution in [-0.4, -0.2) is 11.9 Å². The first kappa shape index (κ1) is 27.7. The molecule has 0 saturated carbocycles. The molecule has 30 heavy (non-hydrogen) atoms. The first-order valence-electron chi connectivity index (χ1n) is 9.70.